The maximum absolute atomic E-state index is 4.61. The number of rotatable bonds is 3. The van der Waals surface area contributed by atoms with Crippen molar-refractivity contribution in [1.29, 1.82) is 0 Å². The summed E-state index contributed by atoms with van der Waals surface area (Å²) in [7, 11) is 0. The van der Waals surface area contributed by atoms with Crippen LogP contribution >= 0.6 is 0 Å². The molecule has 4 rings (SSSR count). The maximum atomic E-state index is 4.61. The quantitative estimate of drug-likeness (QED) is 0.482. The van der Waals surface area contributed by atoms with Gasteiger partial charge in [-0.1, -0.05) is 54.6 Å². The second kappa shape index (κ2) is 5.93. The van der Waals surface area contributed by atoms with Crippen LogP contribution in [0.4, 0.5) is 17.1 Å². The minimum absolute atomic E-state index is 1.00. The lowest BCUT2D eigenvalue weighted by molar-refractivity contribution is 1.28. The molecule has 0 aliphatic heterocycles. The Bertz CT molecular complexity index is 873. The molecule has 1 aromatic heterocycles. The molecule has 0 fully saturated rings. The van der Waals surface area contributed by atoms with Gasteiger partial charge in [-0.3, -0.25) is 4.98 Å². The van der Waals surface area contributed by atoms with E-state index in [0.717, 1.165) is 28.0 Å². The van der Waals surface area contributed by atoms with E-state index in [1.54, 1.807) is 0 Å². The van der Waals surface area contributed by atoms with Gasteiger partial charge in [-0.25, -0.2) is 0 Å². The molecule has 2 nitrogen and oxygen atoms in total. The lowest BCUT2D eigenvalue weighted by Crippen LogP contribution is -2.10. The zero-order chi connectivity index (χ0) is 15.5. The Hall–Kier alpha value is -3.13. The third kappa shape index (κ3) is 2.55. The fraction of sp³-hybridized carbons (Fsp3) is 0. The van der Waals surface area contributed by atoms with Crippen LogP contribution in [0.2, 0.25) is 0 Å². The van der Waals surface area contributed by atoms with Crippen LogP contribution in [-0.4, -0.2) is 4.98 Å². The number of benzene rings is 3. The zero-order valence-electron chi connectivity index (χ0n) is 12.6. The highest BCUT2D eigenvalue weighted by Crippen LogP contribution is 2.37. The lowest BCUT2D eigenvalue weighted by atomic mass is 10.1. The topological polar surface area (TPSA) is 16.1 Å². The van der Waals surface area contributed by atoms with Crippen molar-refractivity contribution in [3.8, 4) is 0 Å². The monoisotopic (exact) mass is 296 g/mol. The largest absolute Gasteiger partial charge is 0.308 e. The highest BCUT2D eigenvalue weighted by atomic mass is 15.1. The third-order valence-corrected chi connectivity index (χ3v) is 3.88. The molecule has 23 heavy (non-hydrogen) atoms. The van der Waals surface area contributed by atoms with Crippen LogP contribution in [0.1, 0.15) is 0 Å². The fourth-order valence-corrected chi connectivity index (χ4v) is 2.85. The molecule has 1 heterocycles. The predicted octanol–water partition coefficient (Wildman–Crippen LogP) is 5.70. The van der Waals surface area contributed by atoms with Crippen LogP contribution in [0.15, 0.2) is 97.2 Å². The molecule has 0 saturated heterocycles. The van der Waals surface area contributed by atoms with E-state index >= 15 is 0 Å². The number of nitrogens with zero attached hydrogens (tertiary/aromatic N) is 2. The summed E-state index contributed by atoms with van der Waals surface area (Å²) in [5, 5.41) is 1.14. The van der Waals surface area contributed by atoms with Gasteiger partial charge in [0.1, 0.15) is 0 Å². The van der Waals surface area contributed by atoms with E-state index in [1.807, 2.05) is 24.4 Å². The van der Waals surface area contributed by atoms with E-state index in [0.29, 0.717) is 0 Å². The van der Waals surface area contributed by atoms with E-state index in [2.05, 4.69) is 82.7 Å². The Morgan fingerprint density at radius 3 is 1.83 bits per heavy atom. The highest BCUT2D eigenvalue weighted by Gasteiger charge is 2.14. The summed E-state index contributed by atoms with van der Waals surface area (Å²) in [6.07, 6.45) is 1.85. The van der Waals surface area contributed by atoms with Crippen LogP contribution in [0.3, 0.4) is 0 Å². The number of para-hydroxylation sites is 3. The molecule has 0 atom stereocenters. The maximum Gasteiger partial charge on any atom is 0.0942 e. The van der Waals surface area contributed by atoms with Crippen molar-refractivity contribution in [2.75, 3.05) is 4.90 Å². The van der Waals surface area contributed by atoms with Gasteiger partial charge in [-0.15, -0.1) is 0 Å². The summed E-state index contributed by atoms with van der Waals surface area (Å²) >= 11 is 0. The first kappa shape index (κ1) is 13.5. The van der Waals surface area contributed by atoms with Crippen molar-refractivity contribution in [2.45, 2.75) is 0 Å². The summed E-state index contributed by atoms with van der Waals surface area (Å²) in [4.78, 5) is 6.86. The van der Waals surface area contributed by atoms with E-state index in [-0.39, 0.29) is 0 Å². The molecule has 110 valence electrons. The molecular weight excluding hydrogens is 280 g/mol. The van der Waals surface area contributed by atoms with E-state index in [4.69, 9.17) is 0 Å². The van der Waals surface area contributed by atoms with Gasteiger partial charge in [-0.2, -0.15) is 0 Å². The molecule has 0 spiro atoms. The Morgan fingerprint density at radius 1 is 0.565 bits per heavy atom. The molecule has 0 aliphatic carbocycles. The van der Waals surface area contributed by atoms with Crippen molar-refractivity contribution in [1.82, 2.24) is 4.98 Å². The first-order valence-electron chi connectivity index (χ1n) is 7.67. The second-order valence-corrected chi connectivity index (χ2v) is 5.36. The Morgan fingerprint density at radius 2 is 1.17 bits per heavy atom. The van der Waals surface area contributed by atoms with Crippen molar-refractivity contribution in [3.63, 3.8) is 0 Å². The van der Waals surface area contributed by atoms with Gasteiger partial charge < -0.3 is 4.90 Å². The average Bonchev–Trinajstić information content (AvgIpc) is 2.64. The Kier molecular flexibility index (Phi) is 3.49. The third-order valence-electron chi connectivity index (χ3n) is 3.88. The molecule has 4 aromatic rings. The molecule has 0 saturated carbocycles. The summed E-state index contributed by atoms with van der Waals surface area (Å²) < 4.78 is 0. The Balaban J connectivity index is 1.98. The molecule has 3 aromatic carbocycles. The SMILES string of the molecule is c1ccc(N(c2ccccc2)c2cccc3cccnc23)cc1. The van der Waals surface area contributed by atoms with Crippen molar-refractivity contribution < 1.29 is 0 Å². The normalized spacial score (nSPS) is 10.6. The minimum Gasteiger partial charge on any atom is -0.308 e. The molecule has 0 unspecified atom stereocenters. The van der Waals surface area contributed by atoms with E-state index < -0.39 is 0 Å². The van der Waals surface area contributed by atoms with Crippen LogP contribution in [-0.2, 0) is 0 Å². The Labute approximate surface area is 135 Å². The average molecular weight is 296 g/mol. The summed E-state index contributed by atoms with van der Waals surface area (Å²) in [5.74, 6) is 0. The number of hydrogen-bond acceptors (Lipinski definition) is 2. The van der Waals surface area contributed by atoms with Gasteiger partial charge in [0.2, 0.25) is 0 Å². The number of hydrogen-bond donors (Lipinski definition) is 0. The minimum atomic E-state index is 1.00. The number of pyridine rings is 1. The number of anilines is 3. The van der Waals surface area contributed by atoms with Gasteiger partial charge in [0.25, 0.3) is 0 Å². The molecular formula is C21H16N2. The smallest absolute Gasteiger partial charge is 0.0942 e. The first-order valence-corrected chi connectivity index (χ1v) is 7.67. The van der Waals surface area contributed by atoms with Gasteiger partial charge in [-0.05, 0) is 36.4 Å². The zero-order valence-corrected chi connectivity index (χ0v) is 12.6. The van der Waals surface area contributed by atoms with E-state index in [9.17, 15) is 0 Å². The number of fused-ring (bicyclic) bond motifs is 1. The number of aromatic nitrogens is 1. The van der Waals surface area contributed by atoms with Gasteiger partial charge in [0.05, 0.1) is 11.2 Å². The molecule has 2 heteroatoms. The highest BCUT2D eigenvalue weighted by molar-refractivity contribution is 5.95. The standard InChI is InChI=1S/C21H16N2/c1-3-11-18(12-4-1)23(19-13-5-2-6-14-19)20-15-7-9-17-10-8-16-22-21(17)20/h1-16H. The van der Waals surface area contributed by atoms with Crippen LogP contribution in [0.25, 0.3) is 10.9 Å². The van der Waals surface area contributed by atoms with Gasteiger partial charge in [0, 0.05) is 23.0 Å². The predicted molar refractivity (Wildman–Crippen MR) is 96.4 cm³/mol. The van der Waals surface area contributed by atoms with Crippen molar-refractivity contribution in [2.24, 2.45) is 0 Å². The van der Waals surface area contributed by atoms with Crippen LogP contribution in [0, 0.1) is 0 Å². The molecule has 0 radical (unpaired) electrons. The summed E-state index contributed by atoms with van der Waals surface area (Å²) in [5.41, 5.74) is 4.33. The lowest BCUT2D eigenvalue weighted by Gasteiger charge is -2.26. The second-order valence-electron chi connectivity index (χ2n) is 5.36. The van der Waals surface area contributed by atoms with Gasteiger partial charge in [0.15, 0.2) is 0 Å². The molecule has 0 aliphatic rings. The summed E-state index contributed by atoms with van der Waals surface area (Å²) in [6, 6.07) is 31.2. The van der Waals surface area contributed by atoms with Crippen molar-refractivity contribution in [3.05, 3.63) is 97.2 Å². The molecule has 0 bridgehead atoms. The first-order chi connectivity index (χ1) is 11.4. The molecule has 0 N–H and O–H groups in total. The van der Waals surface area contributed by atoms with Crippen LogP contribution < -0.4 is 4.90 Å². The van der Waals surface area contributed by atoms with E-state index in [1.165, 1.54) is 0 Å². The van der Waals surface area contributed by atoms with Crippen LogP contribution in [0.5, 0.6) is 0 Å². The summed E-state index contributed by atoms with van der Waals surface area (Å²) in [6.45, 7) is 0. The van der Waals surface area contributed by atoms with Gasteiger partial charge >= 0.3 is 0 Å². The van der Waals surface area contributed by atoms with Crippen molar-refractivity contribution >= 4 is 28.0 Å². The fourth-order valence-electron chi connectivity index (χ4n) is 2.85. The molecule has 0 amide bonds.